The van der Waals surface area contributed by atoms with Crippen molar-refractivity contribution < 1.29 is 0 Å². The van der Waals surface area contributed by atoms with Crippen LogP contribution >= 0.6 is 11.6 Å². The van der Waals surface area contributed by atoms with E-state index in [2.05, 4.69) is 37.7 Å². The third kappa shape index (κ3) is 6.23. The Hall–Kier alpha value is -2.12. The largest absolute Gasteiger partial charge is 0.352 e. The molecule has 2 aromatic rings. The number of hydrogen-bond acceptors (Lipinski definition) is 7. The van der Waals surface area contributed by atoms with Gasteiger partial charge in [0.2, 0.25) is 17.8 Å². The molecule has 1 saturated carbocycles. The predicted molar refractivity (Wildman–Crippen MR) is 133 cm³/mol. The van der Waals surface area contributed by atoms with Crippen molar-refractivity contribution in [2.24, 2.45) is 0 Å². The maximum atomic E-state index is 6.31. The first kappa shape index (κ1) is 23.1. The van der Waals surface area contributed by atoms with Crippen LogP contribution in [0.3, 0.4) is 0 Å². The Morgan fingerprint density at radius 3 is 2.47 bits per heavy atom. The third-order valence-corrected chi connectivity index (χ3v) is 7.06. The number of anilines is 4. The third-order valence-electron chi connectivity index (χ3n) is 6.65. The number of aryl methyl sites for hydroxylation is 1. The average Bonchev–Trinajstić information content (AvgIpc) is 3.09. The predicted octanol–water partition coefficient (Wildman–Crippen LogP) is 5.61. The Labute approximate surface area is 196 Å². The van der Waals surface area contributed by atoms with Gasteiger partial charge < -0.3 is 16.0 Å². The van der Waals surface area contributed by atoms with E-state index in [0.717, 1.165) is 42.2 Å². The van der Waals surface area contributed by atoms with E-state index in [1.165, 1.54) is 45.1 Å². The van der Waals surface area contributed by atoms with Crippen molar-refractivity contribution in [3.63, 3.8) is 0 Å². The average molecular weight is 458 g/mol. The molecule has 0 spiro atoms. The van der Waals surface area contributed by atoms with Crippen molar-refractivity contribution in [3.8, 4) is 0 Å². The van der Waals surface area contributed by atoms with E-state index in [1.54, 1.807) is 0 Å². The summed E-state index contributed by atoms with van der Waals surface area (Å²) in [6.07, 6.45) is 9.96. The Kier molecular flexibility index (Phi) is 8.03. The van der Waals surface area contributed by atoms with Crippen molar-refractivity contribution in [3.05, 3.63) is 28.8 Å². The molecule has 1 aromatic heterocycles. The zero-order valence-corrected chi connectivity index (χ0v) is 20.1. The molecule has 174 valence electrons. The van der Waals surface area contributed by atoms with Crippen molar-refractivity contribution >= 4 is 35.1 Å². The molecule has 1 aliphatic heterocycles. The molecule has 1 aliphatic carbocycles. The minimum absolute atomic E-state index is 0.417. The summed E-state index contributed by atoms with van der Waals surface area (Å²) < 4.78 is 0. The molecule has 8 heteroatoms. The SMILES string of the molecule is CCN1CCCC1CNc1nc(Nc2ccc(C)c(Cl)c2)nc(NC2CCCCCC2)n1. The molecule has 0 bridgehead atoms. The van der Waals surface area contributed by atoms with Crippen LogP contribution in [-0.4, -0.2) is 51.6 Å². The number of halogens is 1. The minimum atomic E-state index is 0.417. The van der Waals surface area contributed by atoms with E-state index >= 15 is 0 Å². The Balaban J connectivity index is 1.51. The molecule has 32 heavy (non-hydrogen) atoms. The van der Waals surface area contributed by atoms with Crippen LogP contribution in [0, 0.1) is 6.92 Å². The van der Waals surface area contributed by atoms with Crippen LogP contribution in [0.2, 0.25) is 5.02 Å². The molecule has 1 aromatic carbocycles. The second-order valence-electron chi connectivity index (χ2n) is 9.03. The quantitative estimate of drug-likeness (QED) is 0.444. The van der Waals surface area contributed by atoms with Crippen LogP contribution in [0.5, 0.6) is 0 Å². The lowest BCUT2D eigenvalue weighted by molar-refractivity contribution is 0.277. The number of nitrogens with zero attached hydrogens (tertiary/aromatic N) is 4. The molecule has 1 unspecified atom stereocenters. The second-order valence-corrected chi connectivity index (χ2v) is 9.44. The number of likely N-dealkylation sites (N-methyl/N-ethyl adjacent to an activating group) is 1. The van der Waals surface area contributed by atoms with E-state index in [4.69, 9.17) is 16.6 Å². The van der Waals surface area contributed by atoms with Crippen LogP contribution in [0.4, 0.5) is 23.5 Å². The summed E-state index contributed by atoms with van der Waals surface area (Å²) in [6, 6.07) is 6.84. The number of benzene rings is 1. The first-order valence-corrected chi connectivity index (χ1v) is 12.5. The fourth-order valence-corrected chi connectivity index (χ4v) is 4.91. The maximum absolute atomic E-state index is 6.31. The Bertz CT molecular complexity index is 883. The summed E-state index contributed by atoms with van der Waals surface area (Å²) in [5.41, 5.74) is 1.91. The highest BCUT2D eigenvalue weighted by Crippen LogP contribution is 2.24. The first-order chi connectivity index (χ1) is 15.6. The summed E-state index contributed by atoms with van der Waals surface area (Å²) in [5, 5.41) is 11.1. The summed E-state index contributed by atoms with van der Waals surface area (Å²) in [6.45, 7) is 7.32. The van der Waals surface area contributed by atoms with Gasteiger partial charge >= 0.3 is 0 Å². The summed E-state index contributed by atoms with van der Waals surface area (Å²) in [4.78, 5) is 16.6. The van der Waals surface area contributed by atoms with Crippen molar-refractivity contribution in [2.75, 3.05) is 35.6 Å². The minimum Gasteiger partial charge on any atom is -0.352 e. The standard InChI is InChI=1S/C24H36ClN7/c1-3-32-14-8-11-20(32)16-26-22-29-23(27-18-9-6-4-5-7-10-18)31-24(30-22)28-19-13-12-17(2)21(25)15-19/h12-13,15,18,20H,3-11,14,16H2,1-2H3,(H3,26,27,28,29,30,31). The van der Waals surface area contributed by atoms with Gasteiger partial charge in [-0.3, -0.25) is 4.90 Å². The maximum Gasteiger partial charge on any atom is 0.233 e. The fraction of sp³-hybridized carbons (Fsp3) is 0.625. The van der Waals surface area contributed by atoms with Gasteiger partial charge in [0.1, 0.15) is 0 Å². The van der Waals surface area contributed by atoms with Crippen LogP contribution in [0.25, 0.3) is 0 Å². The highest BCUT2D eigenvalue weighted by Gasteiger charge is 2.23. The molecular formula is C24H36ClN7. The molecule has 2 heterocycles. The first-order valence-electron chi connectivity index (χ1n) is 12.1. The van der Waals surface area contributed by atoms with E-state index in [1.807, 2.05) is 25.1 Å². The molecule has 2 fully saturated rings. The van der Waals surface area contributed by atoms with Crippen molar-refractivity contribution in [1.82, 2.24) is 19.9 Å². The molecule has 2 aliphatic rings. The van der Waals surface area contributed by atoms with Crippen molar-refractivity contribution in [1.29, 1.82) is 0 Å². The van der Waals surface area contributed by atoms with Crippen LogP contribution in [-0.2, 0) is 0 Å². The normalized spacial score (nSPS) is 20.2. The van der Waals surface area contributed by atoms with E-state index in [9.17, 15) is 0 Å². The zero-order valence-electron chi connectivity index (χ0n) is 19.3. The Morgan fingerprint density at radius 2 is 1.72 bits per heavy atom. The van der Waals surface area contributed by atoms with Crippen LogP contribution < -0.4 is 16.0 Å². The molecule has 3 N–H and O–H groups in total. The number of nitrogens with one attached hydrogen (secondary N) is 3. The molecule has 4 rings (SSSR count). The van der Waals surface area contributed by atoms with Gasteiger partial charge in [-0.05, 0) is 63.4 Å². The molecule has 0 amide bonds. The highest BCUT2D eigenvalue weighted by molar-refractivity contribution is 6.31. The highest BCUT2D eigenvalue weighted by atomic mass is 35.5. The van der Waals surface area contributed by atoms with Gasteiger partial charge in [0.25, 0.3) is 0 Å². The van der Waals surface area contributed by atoms with E-state index in [-0.39, 0.29) is 0 Å². The van der Waals surface area contributed by atoms with Gasteiger partial charge in [-0.1, -0.05) is 50.3 Å². The molecule has 0 radical (unpaired) electrons. The smallest absolute Gasteiger partial charge is 0.233 e. The van der Waals surface area contributed by atoms with Gasteiger partial charge in [0.15, 0.2) is 0 Å². The second kappa shape index (κ2) is 11.1. The van der Waals surface area contributed by atoms with E-state index < -0.39 is 0 Å². The Morgan fingerprint density at radius 1 is 0.969 bits per heavy atom. The number of likely N-dealkylation sites (tertiary alicyclic amines) is 1. The lowest BCUT2D eigenvalue weighted by Crippen LogP contribution is -2.35. The van der Waals surface area contributed by atoms with Gasteiger partial charge in [0, 0.05) is 29.3 Å². The number of hydrogen-bond donors (Lipinski definition) is 3. The summed E-state index contributed by atoms with van der Waals surface area (Å²) >= 11 is 6.31. The number of rotatable bonds is 8. The zero-order chi connectivity index (χ0) is 22.3. The molecule has 7 nitrogen and oxygen atoms in total. The topological polar surface area (TPSA) is 78.0 Å². The fourth-order valence-electron chi connectivity index (χ4n) is 4.73. The summed E-state index contributed by atoms with van der Waals surface area (Å²) in [5.74, 6) is 1.77. The van der Waals surface area contributed by atoms with Gasteiger partial charge in [0.05, 0.1) is 0 Å². The monoisotopic (exact) mass is 457 g/mol. The van der Waals surface area contributed by atoms with Crippen molar-refractivity contribution in [2.45, 2.75) is 77.3 Å². The molecular weight excluding hydrogens is 422 g/mol. The van der Waals surface area contributed by atoms with E-state index in [0.29, 0.717) is 29.9 Å². The lowest BCUT2D eigenvalue weighted by atomic mass is 10.1. The van der Waals surface area contributed by atoms with Crippen LogP contribution in [0.15, 0.2) is 18.2 Å². The van der Waals surface area contributed by atoms with Gasteiger partial charge in [-0.25, -0.2) is 0 Å². The van der Waals surface area contributed by atoms with Gasteiger partial charge in [-0.2, -0.15) is 15.0 Å². The lowest BCUT2D eigenvalue weighted by Gasteiger charge is -2.23. The van der Waals surface area contributed by atoms with Gasteiger partial charge in [-0.15, -0.1) is 0 Å². The summed E-state index contributed by atoms with van der Waals surface area (Å²) in [7, 11) is 0. The molecule has 1 atom stereocenters. The number of aromatic nitrogens is 3. The molecule has 1 saturated heterocycles. The van der Waals surface area contributed by atoms with Crippen LogP contribution in [0.1, 0.15) is 63.9 Å².